The quantitative estimate of drug-likeness (QED) is 0.207. The number of hydrogen-bond donors (Lipinski definition) is 0. The van der Waals surface area contributed by atoms with Crippen molar-refractivity contribution in [2.45, 2.75) is 13.5 Å². The molecule has 0 N–H and O–H groups in total. The van der Waals surface area contributed by atoms with Crippen molar-refractivity contribution in [3.8, 4) is 0 Å². The maximum atomic E-state index is 13.2. The summed E-state index contributed by atoms with van der Waals surface area (Å²) >= 11 is 13.7. The molecule has 1 aliphatic heterocycles. The Morgan fingerprint density at radius 3 is 2.67 bits per heavy atom. The van der Waals surface area contributed by atoms with Gasteiger partial charge in [-0.15, -0.1) is 5.10 Å². The van der Waals surface area contributed by atoms with Gasteiger partial charge in [0.1, 0.15) is 5.76 Å². The maximum absolute atomic E-state index is 13.2. The Labute approximate surface area is 206 Å². The standard InChI is InChI=1S/C25H19Cl2N3O2S/c1-17(13-18-7-3-2-4-8-18)15-28-29-25-30(16-20-10-6-12-32-20)24(31)22(33-25)14-19-9-5-11-21(26)23(19)27/h2-15H,16H2,1H3/b17-13+,22-14-,28-15-,29-25+. The zero-order valence-electron chi connectivity index (χ0n) is 17.6. The van der Waals surface area contributed by atoms with E-state index in [1.165, 1.54) is 16.7 Å². The minimum absolute atomic E-state index is 0.210. The van der Waals surface area contributed by atoms with Crippen molar-refractivity contribution in [1.82, 2.24) is 4.90 Å². The number of furan rings is 1. The molecule has 0 bridgehead atoms. The lowest BCUT2D eigenvalue weighted by molar-refractivity contribution is -0.122. The number of amides is 1. The predicted molar refractivity (Wildman–Crippen MR) is 137 cm³/mol. The number of amidine groups is 1. The van der Waals surface area contributed by atoms with Crippen molar-refractivity contribution in [2.75, 3.05) is 0 Å². The molecule has 4 rings (SSSR count). The Kier molecular flexibility index (Phi) is 7.50. The van der Waals surface area contributed by atoms with Gasteiger partial charge in [0.2, 0.25) is 0 Å². The lowest BCUT2D eigenvalue weighted by Crippen LogP contribution is -2.28. The largest absolute Gasteiger partial charge is 0.467 e. The molecule has 8 heteroatoms. The summed E-state index contributed by atoms with van der Waals surface area (Å²) in [6.07, 6.45) is 6.94. The number of allylic oxidation sites excluding steroid dienone is 1. The van der Waals surface area contributed by atoms with Crippen LogP contribution in [-0.2, 0) is 11.3 Å². The summed E-state index contributed by atoms with van der Waals surface area (Å²) in [7, 11) is 0. The second-order valence-corrected chi connectivity index (χ2v) is 8.94. The van der Waals surface area contributed by atoms with Gasteiger partial charge in [0.05, 0.1) is 34.0 Å². The molecular formula is C25H19Cl2N3O2S. The first-order chi connectivity index (χ1) is 16.0. The van der Waals surface area contributed by atoms with Gasteiger partial charge in [-0.25, -0.2) is 0 Å². The van der Waals surface area contributed by atoms with Crippen LogP contribution in [0.5, 0.6) is 0 Å². The van der Waals surface area contributed by atoms with E-state index in [2.05, 4.69) is 10.2 Å². The highest BCUT2D eigenvalue weighted by Crippen LogP contribution is 2.36. The van der Waals surface area contributed by atoms with Crippen LogP contribution in [0.4, 0.5) is 0 Å². The van der Waals surface area contributed by atoms with E-state index in [4.69, 9.17) is 27.6 Å². The predicted octanol–water partition coefficient (Wildman–Crippen LogP) is 7.15. The zero-order chi connectivity index (χ0) is 23.2. The molecule has 1 aliphatic rings. The molecule has 33 heavy (non-hydrogen) atoms. The molecule has 0 radical (unpaired) electrons. The molecule has 2 aromatic carbocycles. The molecule has 2 heterocycles. The van der Waals surface area contributed by atoms with Crippen LogP contribution in [-0.4, -0.2) is 22.2 Å². The van der Waals surface area contributed by atoms with Gasteiger partial charge in [-0.05, 0) is 59.7 Å². The minimum atomic E-state index is -0.210. The highest BCUT2D eigenvalue weighted by molar-refractivity contribution is 8.18. The normalized spacial score (nSPS) is 17.1. The molecule has 166 valence electrons. The summed E-state index contributed by atoms with van der Waals surface area (Å²) in [6, 6.07) is 18.8. The third-order valence-electron chi connectivity index (χ3n) is 4.65. The molecule has 1 fully saturated rings. The number of halogens is 2. The first-order valence-corrected chi connectivity index (χ1v) is 11.6. The topological polar surface area (TPSA) is 58.2 Å². The SMILES string of the molecule is CC(/C=N\N=C1\S/C(=C\c2cccc(Cl)c2Cl)C(=O)N1Cc1ccco1)=C\c1ccccc1. The molecule has 1 saturated heterocycles. The monoisotopic (exact) mass is 495 g/mol. The van der Waals surface area contributed by atoms with Crippen LogP contribution in [0.3, 0.4) is 0 Å². The third-order valence-corrected chi connectivity index (χ3v) is 6.48. The summed E-state index contributed by atoms with van der Waals surface area (Å²) < 4.78 is 5.43. The number of thioether (sulfide) groups is 1. The van der Waals surface area contributed by atoms with Crippen LogP contribution >= 0.6 is 35.0 Å². The summed E-state index contributed by atoms with van der Waals surface area (Å²) in [5.74, 6) is 0.431. The van der Waals surface area contributed by atoms with Crippen molar-refractivity contribution in [2.24, 2.45) is 10.2 Å². The third kappa shape index (κ3) is 5.85. The van der Waals surface area contributed by atoms with Crippen LogP contribution in [0.1, 0.15) is 23.8 Å². The van der Waals surface area contributed by atoms with Crippen LogP contribution in [0.25, 0.3) is 12.2 Å². The number of rotatable bonds is 6. The maximum Gasteiger partial charge on any atom is 0.267 e. The Bertz CT molecular complexity index is 1270. The average Bonchev–Trinajstić information content (AvgIpc) is 3.42. The molecule has 5 nitrogen and oxygen atoms in total. The molecule has 0 unspecified atom stereocenters. The highest BCUT2D eigenvalue weighted by atomic mass is 35.5. The lowest BCUT2D eigenvalue weighted by atomic mass is 10.1. The summed E-state index contributed by atoms with van der Waals surface area (Å²) in [5.41, 5.74) is 2.66. The fourth-order valence-corrected chi connectivity index (χ4v) is 4.36. The fraction of sp³-hybridized carbons (Fsp3) is 0.0800. The van der Waals surface area contributed by atoms with E-state index in [0.29, 0.717) is 31.4 Å². The molecule has 3 aromatic rings. The van der Waals surface area contributed by atoms with Crippen molar-refractivity contribution >= 4 is 64.4 Å². The van der Waals surface area contributed by atoms with Gasteiger partial charge in [-0.2, -0.15) is 5.10 Å². The van der Waals surface area contributed by atoms with E-state index < -0.39 is 0 Å². The Morgan fingerprint density at radius 1 is 1.09 bits per heavy atom. The van der Waals surface area contributed by atoms with E-state index in [1.807, 2.05) is 43.3 Å². The molecule has 0 spiro atoms. The Morgan fingerprint density at radius 2 is 1.91 bits per heavy atom. The summed E-state index contributed by atoms with van der Waals surface area (Å²) in [6.45, 7) is 2.18. The van der Waals surface area contributed by atoms with Crippen LogP contribution in [0.2, 0.25) is 10.0 Å². The van der Waals surface area contributed by atoms with Crippen molar-refractivity contribution < 1.29 is 9.21 Å². The first-order valence-electron chi connectivity index (χ1n) is 10.0. The number of benzene rings is 2. The number of nitrogens with zero attached hydrogens (tertiary/aromatic N) is 3. The number of hydrogen-bond acceptors (Lipinski definition) is 5. The smallest absolute Gasteiger partial charge is 0.267 e. The molecule has 1 aromatic heterocycles. The van der Waals surface area contributed by atoms with Crippen molar-refractivity contribution in [3.63, 3.8) is 0 Å². The highest BCUT2D eigenvalue weighted by Gasteiger charge is 2.34. The lowest BCUT2D eigenvalue weighted by Gasteiger charge is -2.12. The number of carbonyl (C=O) groups excluding carboxylic acids is 1. The van der Waals surface area contributed by atoms with E-state index >= 15 is 0 Å². The van der Waals surface area contributed by atoms with Crippen LogP contribution in [0, 0.1) is 0 Å². The van der Waals surface area contributed by atoms with Gasteiger partial charge in [0.25, 0.3) is 5.91 Å². The molecular weight excluding hydrogens is 477 g/mol. The number of carbonyl (C=O) groups is 1. The first kappa shape index (κ1) is 23.1. The van der Waals surface area contributed by atoms with E-state index in [-0.39, 0.29) is 12.5 Å². The van der Waals surface area contributed by atoms with Gasteiger partial charge >= 0.3 is 0 Å². The minimum Gasteiger partial charge on any atom is -0.467 e. The van der Waals surface area contributed by atoms with Gasteiger partial charge in [-0.1, -0.05) is 71.7 Å². The van der Waals surface area contributed by atoms with E-state index in [9.17, 15) is 4.79 Å². The van der Waals surface area contributed by atoms with Gasteiger partial charge in [-0.3, -0.25) is 9.69 Å². The van der Waals surface area contributed by atoms with Gasteiger partial charge in [0.15, 0.2) is 5.17 Å². The van der Waals surface area contributed by atoms with E-state index in [0.717, 1.165) is 11.1 Å². The summed E-state index contributed by atoms with van der Waals surface area (Å²) in [4.78, 5) is 15.2. The second-order valence-electron chi connectivity index (χ2n) is 7.15. The van der Waals surface area contributed by atoms with Gasteiger partial charge < -0.3 is 4.42 Å². The fourth-order valence-electron chi connectivity index (χ4n) is 3.07. The molecule has 0 atom stereocenters. The Hall–Kier alpha value is -3.06. The zero-order valence-corrected chi connectivity index (χ0v) is 19.9. The van der Waals surface area contributed by atoms with Gasteiger partial charge in [0, 0.05) is 0 Å². The Balaban J connectivity index is 1.61. The molecule has 0 aliphatic carbocycles. The average molecular weight is 496 g/mol. The van der Waals surface area contributed by atoms with Crippen LogP contribution in [0.15, 0.2) is 92.0 Å². The molecule has 1 amide bonds. The van der Waals surface area contributed by atoms with E-state index in [1.54, 1.807) is 48.9 Å². The molecule has 0 saturated carbocycles. The second kappa shape index (κ2) is 10.7. The van der Waals surface area contributed by atoms with Crippen molar-refractivity contribution in [1.29, 1.82) is 0 Å². The van der Waals surface area contributed by atoms with Crippen molar-refractivity contribution in [3.05, 3.63) is 104 Å². The summed E-state index contributed by atoms with van der Waals surface area (Å²) in [5, 5.41) is 9.80. The van der Waals surface area contributed by atoms with Crippen LogP contribution < -0.4 is 0 Å².